The maximum atomic E-state index is 13.6. The van der Waals surface area contributed by atoms with Crippen LogP contribution in [0.15, 0.2) is 54.1 Å². The maximum Gasteiger partial charge on any atom is 0.485 e. The number of nitrogens with zero attached hydrogens (tertiary/aromatic N) is 2. The molecule has 1 aliphatic heterocycles. The predicted molar refractivity (Wildman–Crippen MR) is 152 cm³/mol. The number of carbonyl (C=O) groups is 1. The van der Waals surface area contributed by atoms with Gasteiger partial charge in [-0.2, -0.15) is 18.3 Å². The van der Waals surface area contributed by atoms with Gasteiger partial charge >= 0.3 is 19.4 Å². The SMILES string of the molecule is CC(C)(C)OC(=O)NCCOc1ccc(/C(=C(/CC(F)(F)F)B(O)O)c2ccc3c(cnn3C3CCCCO3)c2)cc1. The molecule has 1 unspecified atom stereocenters. The predicted octanol–water partition coefficient (Wildman–Crippen LogP) is 5.41. The number of hydrogen-bond donors (Lipinski definition) is 3. The summed E-state index contributed by atoms with van der Waals surface area (Å²) < 4.78 is 59.1. The van der Waals surface area contributed by atoms with Crippen LogP contribution in [-0.2, 0) is 9.47 Å². The van der Waals surface area contributed by atoms with Crippen LogP contribution < -0.4 is 10.1 Å². The van der Waals surface area contributed by atoms with E-state index in [-0.39, 0.29) is 25.0 Å². The number of aromatic nitrogens is 2. The fourth-order valence-electron chi connectivity index (χ4n) is 4.77. The van der Waals surface area contributed by atoms with Gasteiger partial charge < -0.3 is 29.6 Å². The highest BCUT2D eigenvalue weighted by molar-refractivity contribution is 6.53. The average molecular weight is 589 g/mol. The summed E-state index contributed by atoms with van der Waals surface area (Å²) in [5, 5.41) is 27.8. The highest BCUT2D eigenvalue weighted by Gasteiger charge is 2.35. The molecule has 1 fully saturated rings. The third-order valence-electron chi connectivity index (χ3n) is 6.52. The number of ether oxygens (including phenoxy) is 3. The molecule has 0 spiro atoms. The third kappa shape index (κ3) is 8.49. The van der Waals surface area contributed by atoms with E-state index in [1.807, 2.05) is 0 Å². The number of alkyl halides is 3. The van der Waals surface area contributed by atoms with Crippen LogP contribution in [0.2, 0.25) is 0 Å². The van der Waals surface area contributed by atoms with Crippen molar-refractivity contribution in [1.82, 2.24) is 15.1 Å². The lowest BCUT2D eigenvalue weighted by Crippen LogP contribution is -2.34. The number of nitrogens with one attached hydrogen (secondary N) is 1. The fourth-order valence-corrected chi connectivity index (χ4v) is 4.77. The van der Waals surface area contributed by atoms with Gasteiger partial charge in [0, 0.05) is 12.0 Å². The second-order valence-electron chi connectivity index (χ2n) is 11.1. The van der Waals surface area contributed by atoms with E-state index in [0.29, 0.717) is 28.9 Å². The number of hydrogen-bond acceptors (Lipinski definition) is 7. The van der Waals surface area contributed by atoms with Gasteiger partial charge in [-0.1, -0.05) is 18.2 Å². The van der Waals surface area contributed by atoms with Crippen molar-refractivity contribution < 1.29 is 42.2 Å². The molecule has 4 rings (SSSR count). The van der Waals surface area contributed by atoms with Gasteiger partial charge in [0.2, 0.25) is 0 Å². The smallest absolute Gasteiger partial charge is 0.485 e. The molecule has 1 aromatic heterocycles. The highest BCUT2D eigenvalue weighted by atomic mass is 19.4. The summed E-state index contributed by atoms with van der Waals surface area (Å²) in [5.41, 5.74) is 0.298. The molecule has 2 heterocycles. The lowest BCUT2D eigenvalue weighted by molar-refractivity contribution is -0.126. The number of alkyl carbamates (subject to hydrolysis) is 1. The first-order valence-electron chi connectivity index (χ1n) is 13.8. The molecule has 2 aromatic carbocycles. The summed E-state index contributed by atoms with van der Waals surface area (Å²) in [5.74, 6) is 0.412. The van der Waals surface area contributed by atoms with Gasteiger partial charge in [0.15, 0.2) is 6.23 Å². The molecule has 13 heteroatoms. The zero-order valence-electron chi connectivity index (χ0n) is 23.8. The Bertz CT molecular complexity index is 1390. The lowest BCUT2D eigenvalue weighted by Gasteiger charge is -2.23. The number of rotatable bonds is 9. The number of benzene rings is 2. The van der Waals surface area contributed by atoms with Gasteiger partial charge in [-0.3, -0.25) is 0 Å². The van der Waals surface area contributed by atoms with E-state index in [0.717, 1.165) is 24.8 Å². The van der Waals surface area contributed by atoms with Crippen LogP contribution in [0.25, 0.3) is 16.5 Å². The van der Waals surface area contributed by atoms with Crippen LogP contribution in [0, 0.1) is 0 Å². The highest BCUT2D eigenvalue weighted by Crippen LogP contribution is 2.36. The zero-order valence-corrected chi connectivity index (χ0v) is 23.8. The summed E-state index contributed by atoms with van der Waals surface area (Å²) in [6.07, 6.45) is -2.58. The molecule has 0 aliphatic carbocycles. The molecule has 1 saturated heterocycles. The Kier molecular flexibility index (Phi) is 9.85. The molecule has 9 nitrogen and oxygen atoms in total. The molecule has 1 atom stereocenters. The molecular formula is C29H35BF3N3O6. The fraction of sp³-hybridized carbons (Fsp3) is 0.448. The number of allylic oxidation sites excluding steroid dienone is 1. The van der Waals surface area contributed by atoms with Crippen molar-refractivity contribution in [3.05, 3.63) is 65.3 Å². The van der Waals surface area contributed by atoms with Crippen molar-refractivity contribution >= 4 is 29.7 Å². The van der Waals surface area contributed by atoms with Crippen LogP contribution in [0.5, 0.6) is 5.75 Å². The number of halogens is 3. The van der Waals surface area contributed by atoms with Gasteiger partial charge in [0.05, 0.1) is 24.7 Å². The molecular weight excluding hydrogens is 554 g/mol. The Morgan fingerprint density at radius 1 is 1.12 bits per heavy atom. The first-order chi connectivity index (χ1) is 19.8. The summed E-state index contributed by atoms with van der Waals surface area (Å²) in [4.78, 5) is 11.8. The molecule has 3 aromatic rings. The summed E-state index contributed by atoms with van der Waals surface area (Å²) in [6, 6.07) is 11.3. The Morgan fingerprint density at radius 3 is 2.45 bits per heavy atom. The Labute approximate surface area is 242 Å². The van der Waals surface area contributed by atoms with Crippen molar-refractivity contribution in [2.45, 2.75) is 64.5 Å². The van der Waals surface area contributed by atoms with E-state index in [1.165, 1.54) is 0 Å². The monoisotopic (exact) mass is 589 g/mol. The van der Waals surface area contributed by atoms with Crippen molar-refractivity contribution in [2.24, 2.45) is 0 Å². The van der Waals surface area contributed by atoms with Gasteiger partial charge in [0.25, 0.3) is 0 Å². The van der Waals surface area contributed by atoms with Crippen LogP contribution in [0.1, 0.15) is 63.8 Å². The second-order valence-corrected chi connectivity index (χ2v) is 11.1. The van der Waals surface area contributed by atoms with Gasteiger partial charge in [0.1, 0.15) is 18.0 Å². The minimum absolute atomic E-state index is 0.0454. The minimum atomic E-state index is -4.68. The molecule has 3 N–H and O–H groups in total. The number of fused-ring (bicyclic) bond motifs is 1. The standard InChI is InChI=1S/C29H35BF3N3O6/c1-28(2,3)42-27(37)34-13-15-40-22-10-7-19(8-11-22)26(23(30(38)39)17-29(31,32)33)20-9-12-24-21(16-20)18-35-36(24)25-6-4-5-14-41-25/h7-12,16,18,25,38-39H,4-6,13-15,17H2,1-3H3,(H,34,37)/b26-23+. The van der Waals surface area contributed by atoms with Crippen LogP contribution in [-0.4, -0.2) is 64.6 Å². The zero-order chi connectivity index (χ0) is 30.5. The largest absolute Gasteiger partial charge is 0.492 e. The molecule has 42 heavy (non-hydrogen) atoms. The van der Waals surface area contributed by atoms with E-state index in [2.05, 4.69) is 10.4 Å². The molecule has 0 saturated carbocycles. The van der Waals surface area contributed by atoms with E-state index in [1.54, 1.807) is 74.1 Å². The van der Waals surface area contributed by atoms with E-state index < -0.39 is 36.9 Å². The quantitative estimate of drug-likeness (QED) is 0.226. The van der Waals surface area contributed by atoms with Crippen LogP contribution in [0.3, 0.4) is 0 Å². The number of carbonyl (C=O) groups excluding carboxylic acids is 1. The molecule has 226 valence electrons. The normalized spacial score (nSPS) is 16.6. The number of amides is 1. The Morgan fingerprint density at radius 2 is 1.83 bits per heavy atom. The maximum absolute atomic E-state index is 13.6. The van der Waals surface area contributed by atoms with Crippen molar-refractivity contribution in [3.8, 4) is 5.75 Å². The topological polar surface area (TPSA) is 115 Å². The molecule has 1 amide bonds. The average Bonchev–Trinajstić information content (AvgIpc) is 3.34. The van der Waals surface area contributed by atoms with Crippen molar-refractivity contribution in [2.75, 3.05) is 19.8 Å². The van der Waals surface area contributed by atoms with E-state index in [9.17, 15) is 28.0 Å². The Balaban J connectivity index is 1.60. The van der Waals surface area contributed by atoms with Gasteiger partial charge in [-0.15, -0.1) is 0 Å². The van der Waals surface area contributed by atoms with E-state index >= 15 is 0 Å². The summed E-state index contributed by atoms with van der Waals surface area (Å²) in [7, 11) is -2.34. The second kappa shape index (κ2) is 13.2. The third-order valence-corrected chi connectivity index (χ3v) is 6.52. The van der Waals surface area contributed by atoms with Crippen molar-refractivity contribution in [1.29, 1.82) is 0 Å². The molecule has 0 radical (unpaired) electrons. The minimum Gasteiger partial charge on any atom is -0.492 e. The summed E-state index contributed by atoms with van der Waals surface area (Å²) in [6.45, 7) is 6.18. The van der Waals surface area contributed by atoms with Gasteiger partial charge in [-0.05, 0) is 86.5 Å². The Hall–Kier alpha value is -3.55. The van der Waals surface area contributed by atoms with Crippen molar-refractivity contribution in [3.63, 3.8) is 0 Å². The molecule has 0 bridgehead atoms. The first-order valence-corrected chi connectivity index (χ1v) is 13.8. The van der Waals surface area contributed by atoms with Gasteiger partial charge in [-0.25, -0.2) is 9.48 Å². The van der Waals surface area contributed by atoms with E-state index in [4.69, 9.17) is 14.2 Å². The molecule has 1 aliphatic rings. The van der Waals surface area contributed by atoms with Crippen LogP contribution >= 0.6 is 0 Å². The summed E-state index contributed by atoms with van der Waals surface area (Å²) >= 11 is 0. The first kappa shape index (κ1) is 31.4. The lowest BCUT2D eigenvalue weighted by atomic mass is 9.71. The van der Waals surface area contributed by atoms with Crippen LogP contribution in [0.4, 0.5) is 18.0 Å².